The number of aromatic nitrogens is 4. The van der Waals surface area contributed by atoms with Crippen LogP contribution in [-0.2, 0) is 18.8 Å². The first-order valence-corrected chi connectivity index (χ1v) is 11.4. The number of hydrogen-bond donors (Lipinski definition) is 0. The van der Waals surface area contributed by atoms with Gasteiger partial charge in [-0.05, 0) is 56.0 Å². The molecule has 0 bridgehead atoms. The second-order valence-corrected chi connectivity index (χ2v) is 8.94. The predicted molar refractivity (Wildman–Crippen MR) is 116 cm³/mol. The molecule has 0 N–H and O–H groups in total. The lowest BCUT2D eigenvalue weighted by Crippen LogP contribution is -1.97. The number of benzene rings is 1. The van der Waals surface area contributed by atoms with Gasteiger partial charge in [-0.1, -0.05) is 30.8 Å². The standard InChI is InChI=1S/C21H22N4O3S2/c1-5-16-14(4)9-17(30-16)20-24-23-19(27-20)11-29-21-25-22-18(28-21)10-26-15-8-12(2)6-7-13(15)3/h6-9H,5,10-11H2,1-4H3. The summed E-state index contributed by atoms with van der Waals surface area (Å²) in [5, 5.41) is 16.8. The molecule has 0 radical (unpaired) electrons. The Hall–Kier alpha value is -2.65. The van der Waals surface area contributed by atoms with Gasteiger partial charge in [-0.3, -0.25) is 0 Å². The molecule has 156 valence electrons. The predicted octanol–water partition coefficient (Wildman–Crippen LogP) is 5.54. The van der Waals surface area contributed by atoms with Gasteiger partial charge in [-0.2, -0.15) is 0 Å². The zero-order valence-corrected chi connectivity index (χ0v) is 18.9. The van der Waals surface area contributed by atoms with Gasteiger partial charge in [0.2, 0.25) is 5.89 Å². The first kappa shape index (κ1) is 20.6. The Morgan fingerprint density at radius 1 is 0.967 bits per heavy atom. The zero-order valence-electron chi connectivity index (χ0n) is 17.3. The normalized spacial score (nSPS) is 11.2. The zero-order chi connectivity index (χ0) is 21.1. The lowest BCUT2D eigenvalue weighted by Gasteiger charge is -2.07. The van der Waals surface area contributed by atoms with Crippen LogP contribution in [0.1, 0.15) is 40.3 Å². The summed E-state index contributed by atoms with van der Waals surface area (Å²) < 4.78 is 17.3. The largest absolute Gasteiger partial charge is 0.484 e. The van der Waals surface area contributed by atoms with Crippen LogP contribution in [0.15, 0.2) is 38.3 Å². The Balaban J connectivity index is 1.33. The van der Waals surface area contributed by atoms with Crippen molar-refractivity contribution in [2.45, 2.75) is 51.7 Å². The molecular weight excluding hydrogens is 420 g/mol. The van der Waals surface area contributed by atoms with Crippen molar-refractivity contribution in [3.05, 3.63) is 57.6 Å². The van der Waals surface area contributed by atoms with E-state index in [0.29, 0.717) is 28.6 Å². The number of hydrogen-bond acceptors (Lipinski definition) is 9. The molecule has 0 saturated carbocycles. The monoisotopic (exact) mass is 442 g/mol. The van der Waals surface area contributed by atoms with Crippen LogP contribution in [-0.4, -0.2) is 20.4 Å². The minimum atomic E-state index is 0.222. The lowest BCUT2D eigenvalue weighted by atomic mass is 10.1. The average molecular weight is 443 g/mol. The number of thioether (sulfide) groups is 1. The van der Waals surface area contributed by atoms with Gasteiger partial charge in [0.05, 0.1) is 10.6 Å². The molecule has 7 nitrogen and oxygen atoms in total. The molecule has 0 fully saturated rings. The molecule has 0 amide bonds. The van der Waals surface area contributed by atoms with Crippen LogP contribution < -0.4 is 4.74 Å². The fraction of sp³-hybridized carbons (Fsp3) is 0.333. The van der Waals surface area contributed by atoms with Crippen molar-refractivity contribution in [2.75, 3.05) is 0 Å². The van der Waals surface area contributed by atoms with E-state index in [0.717, 1.165) is 28.2 Å². The maximum Gasteiger partial charge on any atom is 0.277 e. The van der Waals surface area contributed by atoms with E-state index in [1.165, 1.54) is 22.2 Å². The van der Waals surface area contributed by atoms with Gasteiger partial charge in [0.25, 0.3) is 17.0 Å². The highest BCUT2D eigenvalue weighted by Gasteiger charge is 2.15. The first-order chi connectivity index (χ1) is 14.5. The van der Waals surface area contributed by atoms with Gasteiger partial charge >= 0.3 is 0 Å². The quantitative estimate of drug-likeness (QED) is 0.329. The number of rotatable bonds is 8. The van der Waals surface area contributed by atoms with Gasteiger partial charge < -0.3 is 13.6 Å². The topological polar surface area (TPSA) is 87.1 Å². The highest BCUT2D eigenvalue weighted by molar-refractivity contribution is 7.98. The fourth-order valence-electron chi connectivity index (χ4n) is 2.87. The summed E-state index contributed by atoms with van der Waals surface area (Å²) in [4.78, 5) is 2.33. The van der Waals surface area contributed by atoms with Crippen molar-refractivity contribution in [3.63, 3.8) is 0 Å². The Morgan fingerprint density at radius 2 is 1.80 bits per heavy atom. The van der Waals surface area contributed by atoms with Gasteiger partial charge in [-0.25, -0.2) is 0 Å². The number of thiophene rings is 1. The molecule has 9 heteroatoms. The maximum atomic E-state index is 5.81. The SMILES string of the molecule is CCc1sc(-c2nnc(CSc3nnc(COc4cc(C)ccc4C)o3)o2)cc1C. The minimum Gasteiger partial charge on any atom is -0.484 e. The van der Waals surface area contributed by atoms with E-state index in [2.05, 4.69) is 46.4 Å². The molecule has 0 aliphatic heterocycles. The molecule has 30 heavy (non-hydrogen) atoms. The Bertz CT molecular complexity index is 1150. The molecule has 0 aliphatic rings. The van der Waals surface area contributed by atoms with Crippen molar-refractivity contribution >= 4 is 23.1 Å². The summed E-state index contributed by atoms with van der Waals surface area (Å²) in [7, 11) is 0. The molecule has 0 saturated heterocycles. The van der Waals surface area contributed by atoms with Crippen LogP contribution in [0.3, 0.4) is 0 Å². The van der Waals surface area contributed by atoms with E-state index in [4.69, 9.17) is 13.6 Å². The lowest BCUT2D eigenvalue weighted by molar-refractivity contribution is 0.250. The molecule has 3 aromatic heterocycles. The van der Waals surface area contributed by atoms with Crippen LogP contribution in [0.2, 0.25) is 0 Å². The highest BCUT2D eigenvalue weighted by atomic mass is 32.2. The Kier molecular flexibility index (Phi) is 6.19. The third kappa shape index (κ3) is 4.73. The molecule has 0 atom stereocenters. The van der Waals surface area contributed by atoms with E-state index in [9.17, 15) is 0 Å². The molecule has 4 aromatic rings. The summed E-state index contributed by atoms with van der Waals surface area (Å²) >= 11 is 3.05. The molecular formula is C21H22N4O3S2. The highest BCUT2D eigenvalue weighted by Crippen LogP contribution is 2.31. The van der Waals surface area contributed by atoms with Crippen molar-refractivity contribution in [1.82, 2.24) is 20.4 Å². The summed E-state index contributed by atoms with van der Waals surface area (Å²) in [6, 6.07) is 8.16. The van der Waals surface area contributed by atoms with E-state index in [-0.39, 0.29) is 6.61 Å². The Morgan fingerprint density at radius 3 is 2.60 bits per heavy atom. The number of ether oxygens (including phenoxy) is 1. The van der Waals surface area contributed by atoms with E-state index in [1.54, 1.807) is 11.3 Å². The summed E-state index contributed by atoms with van der Waals surface area (Å²) in [6.07, 6.45) is 1.00. The summed E-state index contributed by atoms with van der Waals surface area (Å²) in [5.74, 6) is 2.76. The van der Waals surface area contributed by atoms with Crippen LogP contribution in [0, 0.1) is 20.8 Å². The number of nitrogens with zero attached hydrogens (tertiary/aromatic N) is 4. The molecule has 4 rings (SSSR count). The third-order valence-electron chi connectivity index (χ3n) is 4.48. The third-order valence-corrected chi connectivity index (χ3v) is 6.65. The van der Waals surface area contributed by atoms with Crippen molar-refractivity contribution in [2.24, 2.45) is 0 Å². The van der Waals surface area contributed by atoms with Crippen LogP contribution in [0.4, 0.5) is 0 Å². The second kappa shape index (κ2) is 9.01. The fourth-order valence-corrected chi connectivity index (χ4v) is 4.52. The molecule has 1 aromatic carbocycles. The summed E-state index contributed by atoms with van der Waals surface area (Å²) in [6.45, 7) is 8.50. The number of aryl methyl sites for hydroxylation is 4. The van der Waals surface area contributed by atoms with E-state index < -0.39 is 0 Å². The first-order valence-electron chi connectivity index (χ1n) is 9.59. The second-order valence-electron chi connectivity index (χ2n) is 6.88. The van der Waals surface area contributed by atoms with Crippen LogP contribution >= 0.6 is 23.1 Å². The smallest absolute Gasteiger partial charge is 0.277 e. The van der Waals surface area contributed by atoms with E-state index in [1.807, 2.05) is 26.0 Å². The molecule has 0 unspecified atom stereocenters. The Labute approximate surface area is 182 Å². The maximum absolute atomic E-state index is 5.81. The van der Waals surface area contributed by atoms with Crippen molar-refractivity contribution in [3.8, 4) is 16.5 Å². The van der Waals surface area contributed by atoms with Crippen LogP contribution in [0.25, 0.3) is 10.8 Å². The average Bonchev–Trinajstić information content (AvgIpc) is 3.46. The minimum absolute atomic E-state index is 0.222. The van der Waals surface area contributed by atoms with Gasteiger partial charge in [0, 0.05) is 4.88 Å². The van der Waals surface area contributed by atoms with Gasteiger partial charge in [0.15, 0.2) is 6.61 Å². The summed E-state index contributed by atoms with van der Waals surface area (Å²) in [5.41, 5.74) is 3.46. The molecule has 3 heterocycles. The van der Waals surface area contributed by atoms with E-state index >= 15 is 0 Å². The van der Waals surface area contributed by atoms with Crippen molar-refractivity contribution in [1.29, 1.82) is 0 Å². The molecule has 0 aliphatic carbocycles. The van der Waals surface area contributed by atoms with Gasteiger partial charge in [-0.15, -0.1) is 31.7 Å². The van der Waals surface area contributed by atoms with Gasteiger partial charge in [0.1, 0.15) is 5.75 Å². The molecule has 0 spiro atoms. The van der Waals surface area contributed by atoms with Crippen LogP contribution in [0.5, 0.6) is 5.75 Å². The van der Waals surface area contributed by atoms with Crippen molar-refractivity contribution < 1.29 is 13.6 Å².